The van der Waals surface area contributed by atoms with E-state index in [0.29, 0.717) is 5.75 Å². The van der Waals surface area contributed by atoms with Gasteiger partial charge in [0.25, 0.3) is 0 Å². The van der Waals surface area contributed by atoms with Crippen LogP contribution in [0.25, 0.3) is 0 Å². The fourth-order valence-electron chi connectivity index (χ4n) is 3.41. The van der Waals surface area contributed by atoms with E-state index < -0.39 is 15.9 Å². The molecule has 1 amide bonds. The standard InChI is InChI=1S/C25H28N2O5S/c1-19(21-12-8-5-9-13-21)26-25(28)18-27(17-20-10-6-4-7-11-20)33(29,30)24-16-22(31-2)14-15-23(24)32-3/h4-16,19H,17-18H2,1-3H3,(H,26,28)/t19-/m1/s1. The molecular formula is C25H28N2O5S. The van der Waals surface area contributed by atoms with Crippen LogP contribution in [0.3, 0.4) is 0 Å². The zero-order valence-electron chi connectivity index (χ0n) is 18.9. The number of nitrogens with one attached hydrogen (secondary N) is 1. The normalized spacial score (nSPS) is 12.2. The summed E-state index contributed by atoms with van der Waals surface area (Å²) in [6.07, 6.45) is 0. The maximum atomic E-state index is 13.7. The minimum atomic E-state index is -4.10. The summed E-state index contributed by atoms with van der Waals surface area (Å²) in [6.45, 7) is 1.53. The molecule has 0 bridgehead atoms. The summed E-state index contributed by atoms with van der Waals surface area (Å²) in [5, 5.41) is 2.89. The molecule has 1 atom stereocenters. The highest BCUT2D eigenvalue weighted by molar-refractivity contribution is 7.89. The highest BCUT2D eigenvalue weighted by Gasteiger charge is 2.30. The molecule has 0 aliphatic heterocycles. The Kier molecular flexibility index (Phi) is 8.08. The molecule has 0 unspecified atom stereocenters. The number of hydrogen-bond donors (Lipinski definition) is 1. The number of carbonyl (C=O) groups is 1. The Balaban J connectivity index is 1.92. The summed E-state index contributed by atoms with van der Waals surface area (Å²) in [7, 11) is -1.25. The van der Waals surface area contributed by atoms with Gasteiger partial charge < -0.3 is 14.8 Å². The van der Waals surface area contributed by atoms with E-state index in [9.17, 15) is 13.2 Å². The molecule has 0 saturated heterocycles. The van der Waals surface area contributed by atoms with Crippen LogP contribution in [-0.4, -0.2) is 39.4 Å². The second-order valence-corrected chi connectivity index (χ2v) is 9.38. The topological polar surface area (TPSA) is 84.9 Å². The summed E-state index contributed by atoms with van der Waals surface area (Å²) in [5.41, 5.74) is 1.68. The lowest BCUT2D eigenvalue weighted by Gasteiger charge is -2.24. The van der Waals surface area contributed by atoms with Crippen LogP contribution in [0.4, 0.5) is 0 Å². The molecule has 0 aromatic heterocycles. The molecule has 3 aromatic rings. The first-order valence-electron chi connectivity index (χ1n) is 10.5. The van der Waals surface area contributed by atoms with Gasteiger partial charge in [-0.25, -0.2) is 8.42 Å². The summed E-state index contributed by atoms with van der Waals surface area (Å²) in [5.74, 6) is 0.135. The van der Waals surface area contributed by atoms with E-state index in [-0.39, 0.29) is 29.8 Å². The molecule has 0 saturated carbocycles. The molecule has 0 aliphatic carbocycles. The molecule has 0 fully saturated rings. The molecule has 7 nitrogen and oxygen atoms in total. The molecule has 0 spiro atoms. The molecule has 0 aliphatic rings. The molecule has 1 N–H and O–H groups in total. The lowest BCUT2D eigenvalue weighted by molar-refractivity contribution is -0.122. The first kappa shape index (κ1) is 24.3. The number of carbonyl (C=O) groups excluding carboxylic acids is 1. The average molecular weight is 469 g/mol. The predicted molar refractivity (Wildman–Crippen MR) is 127 cm³/mol. The first-order valence-corrected chi connectivity index (χ1v) is 11.9. The van der Waals surface area contributed by atoms with E-state index in [1.54, 1.807) is 6.07 Å². The predicted octanol–water partition coefficient (Wildman–Crippen LogP) is 3.77. The molecule has 8 heteroatoms. The number of amides is 1. The van der Waals surface area contributed by atoms with E-state index in [2.05, 4.69) is 5.32 Å². The smallest absolute Gasteiger partial charge is 0.247 e. The van der Waals surface area contributed by atoms with Crippen molar-refractivity contribution < 1.29 is 22.7 Å². The van der Waals surface area contributed by atoms with Gasteiger partial charge in [-0.05, 0) is 30.2 Å². The zero-order chi connectivity index (χ0) is 23.8. The number of ether oxygens (including phenoxy) is 2. The Bertz CT molecular complexity index is 1170. The summed E-state index contributed by atoms with van der Waals surface area (Å²) in [4.78, 5) is 12.8. The van der Waals surface area contributed by atoms with Gasteiger partial charge in [0.15, 0.2) is 0 Å². The molecule has 0 radical (unpaired) electrons. The van der Waals surface area contributed by atoms with E-state index >= 15 is 0 Å². The second kappa shape index (κ2) is 11.0. The van der Waals surface area contributed by atoms with Crippen LogP contribution in [0.5, 0.6) is 11.5 Å². The number of hydrogen-bond acceptors (Lipinski definition) is 5. The quantitative estimate of drug-likeness (QED) is 0.490. The van der Waals surface area contributed by atoms with Crippen molar-refractivity contribution in [2.24, 2.45) is 0 Å². The fourth-order valence-corrected chi connectivity index (χ4v) is 4.97. The Morgan fingerprint density at radius 1 is 0.939 bits per heavy atom. The monoisotopic (exact) mass is 468 g/mol. The maximum Gasteiger partial charge on any atom is 0.247 e. The third kappa shape index (κ3) is 6.12. The summed E-state index contributed by atoms with van der Waals surface area (Å²) < 4.78 is 39.0. The summed E-state index contributed by atoms with van der Waals surface area (Å²) >= 11 is 0. The number of rotatable bonds is 10. The van der Waals surface area contributed by atoms with Gasteiger partial charge >= 0.3 is 0 Å². The van der Waals surface area contributed by atoms with Crippen molar-refractivity contribution in [2.45, 2.75) is 24.4 Å². The third-order valence-corrected chi connectivity index (χ3v) is 7.00. The third-order valence-electron chi connectivity index (χ3n) is 5.19. The molecule has 3 rings (SSSR count). The van der Waals surface area contributed by atoms with Gasteiger partial charge in [-0.2, -0.15) is 4.31 Å². The van der Waals surface area contributed by atoms with Crippen LogP contribution in [0.1, 0.15) is 24.1 Å². The molecule has 3 aromatic carbocycles. The van der Waals surface area contributed by atoms with Crippen molar-refractivity contribution in [2.75, 3.05) is 20.8 Å². The van der Waals surface area contributed by atoms with Crippen molar-refractivity contribution >= 4 is 15.9 Å². The van der Waals surface area contributed by atoms with Crippen molar-refractivity contribution in [3.05, 3.63) is 90.0 Å². The molecule has 33 heavy (non-hydrogen) atoms. The van der Waals surface area contributed by atoms with Crippen LogP contribution in [0, 0.1) is 0 Å². The Hall–Kier alpha value is -3.36. The van der Waals surface area contributed by atoms with Crippen LogP contribution in [0.2, 0.25) is 0 Å². The highest BCUT2D eigenvalue weighted by atomic mass is 32.2. The van der Waals surface area contributed by atoms with Crippen molar-refractivity contribution in [3.8, 4) is 11.5 Å². The summed E-state index contributed by atoms with van der Waals surface area (Å²) in [6, 6.07) is 22.9. The minimum absolute atomic E-state index is 0.0245. The number of sulfonamides is 1. The van der Waals surface area contributed by atoms with Crippen molar-refractivity contribution in [3.63, 3.8) is 0 Å². The van der Waals surface area contributed by atoms with Gasteiger partial charge in [-0.15, -0.1) is 0 Å². The van der Waals surface area contributed by atoms with E-state index in [1.807, 2.05) is 67.6 Å². The Morgan fingerprint density at radius 3 is 2.18 bits per heavy atom. The van der Waals surface area contributed by atoms with Gasteiger partial charge in [0.1, 0.15) is 16.4 Å². The molecule has 0 heterocycles. The van der Waals surface area contributed by atoms with Crippen LogP contribution >= 0.6 is 0 Å². The second-order valence-electron chi connectivity index (χ2n) is 7.48. The highest BCUT2D eigenvalue weighted by Crippen LogP contribution is 2.31. The van der Waals surface area contributed by atoms with E-state index in [0.717, 1.165) is 15.4 Å². The lowest BCUT2D eigenvalue weighted by Crippen LogP contribution is -2.41. The van der Waals surface area contributed by atoms with Crippen LogP contribution in [0.15, 0.2) is 83.8 Å². The number of methoxy groups -OCH3 is 2. The van der Waals surface area contributed by atoms with Crippen LogP contribution in [-0.2, 0) is 21.4 Å². The first-order chi connectivity index (χ1) is 15.8. The molecule has 174 valence electrons. The fraction of sp³-hybridized carbons (Fsp3) is 0.240. The lowest BCUT2D eigenvalue weighted by atomic mass is 10.1. The van der Waals surface area contributed by atoms with Crippen molar-refractivity contribution in [1.82, 2.24) is 9.62 Å². The van der Waals surface area contributed by atoms with Gasteiger partial charge in [0, 0.05) is 12.6 Å². The minimum Gasteiger partial charge on any atom is -0.497 e. The van der Waals surface area contributed by atoms with E-state index in [4.69, 9.17) is 9.47 Å². The van der Waals surface area contributed by atoms with E-state index in [1.165, 1.54) is 26.4 Å². The molecular weight excluding hydrogens is 440 g/mol. The Morgan fingerprint density at radius 2 is 1.58 bits per heavy atom. The average Bonchev–Trinajstić information content (AvgIpc) is 2.84. The SMILES string of the molecule is COc1ccc(OC)c(S(=O)(=O)N(CC(=O)N[C@H](C)c2ccccc2)Cc2ccccc2)c1. The largest absolute Gasteiger partial charge is 0.497 e. The van der Waals surface area contributed by atoms with Gasteiger partial charge in [0.2, 0.25) is 15.9 Å². The number of nitrogens with zero attached hydrogens (tertiary/aromatic N) is 1. The van der Waals surface area contributed by atoms with Crippen LogP contribution < -0.4 is 14.8 Å². The zero-order valence-corrected chi connectivity index (χ0v) is 19.7. The van der Waals surface area contributed by atoms with Gasteiger partial charge in [-0.1, -0.05) is 60.7 Å². The number of benzene rings is 3. The maximum absolute atomic E-state index is 13.7. The van der Waals surface area contributed by atoms with Gasteiger partial charge in [0.05, 0.1) is 26.8 Å². The van der Waals surface area contributed by atoms with Gasteiger partial charge in [-0.3, -0.25) is 4.79 Å². The Labute approximate surface area is 195 Å². The van der Waals surface area contributed by atoms with Crippen molar-refractivity contribution in [1.29, 1.82) is 0 Å².